The number of amides is 3. The predicted molar refractivity (Wildman–Crippen MR) is 107 cm³/mol. The van der Waals surface area contributed by atoms with Crippen molar-refractivity contribution in [1.82, 2.24) is 25.3 Å². The van der Waals surface area contributed by atoms with Crippen molar-refractivity contribution in [3.05, 3.63) is 36.2 Å². The van der Waals surface area contributed by atoms with Crippen molar-refractivity contribution in [2.24, 2.45) is 0 Å². The lowest BCUT2D eigenvalue weighted by Crippen LogP contribution is -2.48. The minimum absolute atomic E-state index is 0.0418. The van der Waals surface area contributed by atoms with Crippen LogP contribution in [0.4, 0.5) is 4.79 Å². The van der Waals surface area contributed by atoms with Crippen molar-refractivity contribution < 1.29 is 14.1 Å². The standard InChI is InChI=1S/C21H27N5O3/c1-2-18(27)26-13-10-17(14-26)22-21(28)25-11-8-16(9-12-25)20-23-19(24-29-20)15-6-4-3-5-7-15/h3-7,16-17H,2,8-14H2,1H3,(H,22,28). The first-order valence-corrected chi connectivity index (χ1v) is 10.4. The summed E-state index contributed by atoms with van der Waals surface area (Å²) in [6.07, 6.45) is 2.93. The van der Waals surface area contributed by atoms with E-state index in [0.717, 1.165) is 31.4 Å². The third-order valence-corrected chi connectivity index (χ3v) is 5.78. The molecule has 29 heavy (non-hydrogen) atoms. The van der Waals surface area contributed by atoms with Gasteiger partial charge in [-0.15, -0.1) is 0 Å². The van der Waals surface area contributed by atoms with Gasteiger partial charge in [0.25, 0.3) is 0 Å². The molecular formula is C21H27N5O3. The van der Waals surface area contributed by atoms with E-state index in [1.807, 2.05) is 47.1 Å². The number of hydrogen-bond donors (Lipinski definition) is 1. The number of carbonyl (C=O) groups excluding carboxylic acids is 2. The van der Waals surface area contributed by atoms with Crippen LogP contribution in [0.15, 0.2) is 34.9 Å². The Balaban J connectivity index is 1.27. The van der Waals surface area contributed by atoms with E-state index in [9.17, 15) is 9.59 Å². The van der Waals surface area contributed by atoms with Gasteiger partial charge >= 0.3 is 6.03 Å². The molecule has 0 spiro atoms. The van der Waals surface area contributed by atoms with Crippen LogP contribution >= 0.6 is 0 Å². The smallest absolute Gasteiger partial charge is 0.317 e. The molecule has 0 saturated carbocycles. The summed E-state index contributed by atoms with van der Waals surface area (Å²) in [6, 6.07) is 9.76. The molecule has 2 aliphatic heterocycles. The Morgan fingerprint density at radius 3 is 2.55 bits per heavy atom. The molecule has 0 bridgehead atoms. The van der Waals surface area contributed by atoms with Crippen LogP contribution in [-0.2, 0) is 4.79 Å². The first kappa shape index (κ1) is 19.4. The molecule has 8 heteroatoms. The molecule has 2 saturated heterocycles. The van der Waals surface area contributed by atoms with E-state index in [1.165, 1.54) is 0 Å². The van der Waals surface area contributed by atoms with E-state index in [2.05, 4.69) is 15.5 Å². The van der Waals surface area contributed by atoms with Crippen LogP contribution in [0.2, 0.25) is 0 Å². The van der Waals surface area contributed by atoms with Crippen LogP contribution < -0.4 is 5.32 Å². The van der Waals surface area contributed by atoms with Crippen molar-refractivity contribution in [3.63, 3.8) is 0 Å². The molecule has 1 aromatic heterocycles. The summed E-state index contributed by atoms with van der Waals surface area (Å²) in [4.78, 5) is 32.6. The third kappa shape index (κ3) is 4.41. The molecule has 2 aromatic rings. The minimum Gasteiger partial charge on any atom is -0.341 e. The molecule has 3 amide bonds. The maximum atomic E-state index is 12.6. The Labute approximate surface area is 170 Å². The molecule has 8 nitrogen and oxygen atoms in total. The van der Waals surface area contributed by atoms with Crippen LogP contribution in [0, 0.1) is 0 Å². The van der Waals surface area contributed by atoms with E-state index in [-0.39, 0.29) is 23.9 Å². The van der Waals surface area contributed by atoms with Crippen molar-refractivity contribution in [1.29, 1.82) is 0 Å². The Hall–Kier alpha value is -2.90. The molecular weight excluding hydrogens is 370 g/mol. The molecule has 2 aliphatic rings. The van der Waals surface area contributed by atoms with Gasteiger partial charge in [-0.2, -0.15) is 4.98 Å². The van der Waals surface area contributed by atoms with Gasteiger partial charge in [-0.05, 0) is 19.3 Å². The van der Waals surface area contributed by atoms with Crippen LogP contribution in [0.3, 0.4) is 0 Å². The number of likely N-dealkylation sites (tertiary alicyclic amines) is 2. The van der Waals surface area contributed by atoms with Gasteiger partial charge in [0.2, 0.25) is 17.6 Å². The summed E-state index contributed by atoms with van der Waals surface area (Å²) < 4.78 is 5.49. The van der Waals surface area contributed by atoms with E-state index in [0.29, 0.717) is 37.8 Å². The van der Waals surface area contributed by atoms with Crippen LogP contribution in [0.25, 0.3) is 11.4 Å². The first-order chi connectivity index (χ1) is 14.1. The highest BCUT2D eigenvalue weighted by atomic mass is 16.5. The van der Waals surface area contributed by atoms with Gasteiger partial charge in [0, 0.05) is 50.1 Å². The number of urea groups is 1. The summed E-state index contributed by atoms with van der Waals surface area (Å²) in [6.45, 7) is 4.51. The Morgan fingerprint density at radius 1 is 1.10 bits per heavy atom. The summed E-state index contributed by atoms with van der Waals surface area (Å²) in [7, 11) is 0. The molecule has 1 atom stereocenters. The fourth-order valence-electron chi connectivity index (χ4n) is 4.03. The average Bonchev–Trinajstić information content (AvgIpc) is 3.44. The van der Waals surface area contributed by atoms with Gasteiger partial charge in [0.05, 0.1) is 0 Å². The normalized spacial score (nSPS) is 20.1. The van der Waals surface area contributed by atoms with Gasteiger partial charge in [-0.3, -0.25) is 4.79 Å². The van der Waals surface area contributed by atoms with E-state index in [4.69, 9.17) is 4.52 Å². The Bertz CT molecular complexity index is 845. The number of aromatic nitrogens is 2. The molecule has 154 valence electrons. The lowest BCUT2D eigenvalue weighted by atomic mass is 9.97. The topological polar surface area (TPSA) is 91.6 Å². The van der Waals surface area contributed by atoms with E-state index >= 15 is 0 Å². The van der Waals surface area contributed by atoms with E-state index in [1.54, 1.807) is 0 Å². The Kier molecular flexibility index (Phi) is 5.78. The fraction of sp³-hybridized carbons (Fsp3) is 0.524. The molecule has 1 unspecified atom stereocenters. The number of hydrogen-bond acceptors (Lipinski definition) is 5. The zero-order valence-electron chi connectivity index (χ0n) is 16.7. The molecule has 0 aliphatic carbocycles. The highest BCUT2D eigenvalue weighted by Gasteiger charge is 2.31. The Morgan fingerprint density at radius 2 is 1.83 bits per heavy atom. The second kappa shape index (κ2) is 8.63. The van der Waals surface area contributed by atoms with Crippen LogP contribution in [0.1, 0.15) is 44.4 Å². The monoisotopic (exact) mass is 397 g/mol. The molecule has 3 heterocycles. The largest absolute Gasteiger partial charge is 0.341 e. The van der Waals surface area contributed by atoms with Gasteiger partial charge < -0.3 is 19.6 Å². The maximum absolute atomic E-state index is 12.6. The molecule has 2 fully saturated rings. The van der Waals surface area contributed by atoms with Gasteiger partial charge in [-0.1, -0.05) is 42.4 Å². The lowest BCUT2D eigenvalue weighted by molar-refractivity contribution is -0.129. The lowest BCUT2D eigenvalue weighted by Gasteiger charge is -2.31. The van der Waals surface area contributed by atoms with Crippen molar-refractivity contribution in [2.75, 3.05) is 26.2 Å². The first-order valence-electron chi connectivity index (χ1n) is 10.4. The second-order valence-corrected chi connectivity index (χ2v) is 7.71. The third-order valence-electron chi connectivity index (χ3n) is 5.78. The SMILES string of the molecule is CCC(=O)N1CCC(NC(=O)N2CCC(c3nc(-c4ccccc4)no3)CC2)C1. The summed E-state index contributed by atoms with van der Waals surface area (Å²) in [5.41, 5.74) is 0.937. The zero-order chi connectivity index (χ0) is 20.2. The highest BCUT2D eigenvalue weighted by molar-refractivity contribution is 5.77. The highest BCUT2D eigenvalue weighted by Crippen LogP contribution is 2.28. The van der Waals surface area contributed by atoms with Gasteiger partial charge in [0.1, 0.15) is 0 Å². The summed E-state index contributed by atoms with van der Waals surface area (Å²) in [5, 5.41) is 7.18. The molecule has 1 aromatic carbocycles. The molecule has 1 N–H and O–H groups in total. The van der Waals surface area contributed by atoms with Crippen molar-refractivity contribution in [3.8, 4) is 11.4 Å². The van der Waals surface area contributed by atoms with Crippen molar-refractivity contribution in [2.45, 2.75) is 44.6 Å². The number of nitrogens with one attached hydrogen (secondary N) is 1. The summed E-state index contributed by atoms with van der Waals surface area (Å²) in [5.74, 6) is 1.58. The number of benzene rings is 1. The quantitative estimate of drug-likeness (QED) is 0.856. The predicted octanol–water partition coefficient (Wildman–Crippen LogP) is 2.64. The molecule has 0 radical (unpaired) electrons. The van der Waals surface area contributed by atoms with Crippen LogP contribution in [-0.4, -0.2) is 64.1 Å². The van der Waals surface area contributed by atoms with Crippen molar-refractivity contribution >= 4 is 11.9 Å². The fourth-order valence-corrected chi connectivity index (χ4v) is 4.03. The van der Waals surface area contributed by atoms with E-state index < -0.39 is 0 Å². The minimum atomic E-state index is -0.0465. The number of carbonyl (C=O) groups is 2. The number of rotatable bonds is 4. The number of piperidine rings is 1. The number of nitrogens with zero attached hydrogens (tertiary/aromatic N) is 4. The average molecular weight is 397 g/mol. The van der Waals surface area contributed by atoms with Crippen LogP contribution in [0.5, 0.6) is 0 Å². The molecule has 4 rings (SSSR count). The van der Waals surface area contributed by atoms with Gasteiger partial charge in [-0.25, -0.2) is 4.79 Å². The zero-order valence-corrected chi connectivity index (χ0v) is 16.7. The van der Waals surface area contributed by atoms with Gasteiger partial charge in [0.15, 0.2) is 0 Å². The summed E-state index contributed by atoms with van der Waals surface area (Å²) >= 11 is 0. The maximum Gasteiger partial charge on any atom is 0.317 e. The second-order valence-electron chi connectivity index (χ2n) is 7.71.